The van der Waals surface area contributed by atoms with Crippen LogP contribution in [0.15, 0.2) is 23.3 Å². The number of carbonyl (C=O) groups excluding carboxylic acids is 3. The number of rotatable bonds is 10. The van der Waals surface area contributed by atoms with Crippen molar-refractivity contribution in [2.75, 3.05) is 59.0 Å². The highest BCUT2D eigenvalue weighted by atomic mass is 16.7. The Morgan fingerprint density at radius 2 is 2.03 bits per heavy atom. The minimum Gasteiger partial charge on any atom is -0.507 e. The average Bonchev–Trinajstić information content (AvgIpc) is 2.84. The van der Waals surface area contributed by atoms with Gasteiger partial charge in [-0.1, -0.05) is 11.2 Å². The van der Waals surface area contributed by atoms with Crippen LogP contribution in [0.4, 0.5) is 5.69 Å². The lowest BCUT2D eigenvalue weighted by molar-refractivity contribution is -0.199. The van der Waals surface area contributed by atoms with Gasteiger partial charge in [0.2, 0.25) is 0 Å². The zero-order chi connectivity index (χ0) is 24.3. The van der Waals surface area contributed by atoms with Gasteiger partial charge in [-0.15, -0.1) is 5.06 Å². The van der Waals surface area contributed by atoms with E-state index in [1.165, 1.54) is 23.3 Å². The number of esters is 1. The molecule has 184 valence electrons. The summed E-state index contributed by atoms with van der Waals surface area (Å²) in [5.74, 6) is -0.894. The van der Waals surface area contributed by atoms with Crippen LogP contribution in [0.3, 0.4) is 0 Å². The number of azide groups is 1. The Morgan fingerprint density at radius 3 is 2.74 bits per heavy atom. The van der Waals surface area contributed by atoms with Crippen molar-refractivity contribution in [3.05, 3.63) is 34.2 Å². The number of amides is 1. The molecule has 3 rings (SSSR count). The molecule has 1 aromatic rings. The van der Waals surface area contributed by atoms with Crippen molar-refractivity contribution < 1.29 is 29.1 Å². The number of hydrogen-bond acceptors (Lipinski definition) is 10. The number of nitrogens with zero attached hydrogens (tertiary/aromatic N) is 6. The average molecular weight is 476 g/mol. The number of phenols is 1. The first kappa shape index (κ1) is 25.2. The van der Waals surface area contributed by atoms with Crippen LogP contribution in [0.5, 0.6) is 5.75 Å². The summed E-state index contributed by atoms with van der Waals surface area (Å²) in [7, 11) is 0. The lowest BCUT2D eigenvalue weighted by Crippen LogP contribution is -2.55. The smallest absolute Gasteiger partial charge is 0.328 e. The lowest BCUT2D eigenvalue weighted by Gasteiger charge is -2.35. The summed E-state index contributed by atoms with van der Waals surface area (Å²) in [6.45, 7) is 5.30. The maximum atomic E-state index is 12.7. The van der Waals surface area contributed by atoms with Crippen LogP contribution in [0.25, 0.3) is 10.4 Å². The molecular formula is C21H29N7O6. The Hall–Kier alpha value is -3.38. The highest BCUT2D eigenvalue weighted by Gasteiger charge is 2.31. The third kappa shape index (κ3) is 6.81. The minimum absolute atomic E-state index is 0.178. The molecule has 2 saturated heterocycles. The molecule has 0 spiro atoms. The molecule has 2 heterocycles. The van der Waals surface area contributed by atoms with Crippen LogP contribution in [-0.4, -0.2) is 103 Å². The number of ether oxygens (including phenoxy) is 1. The minimum atomic E-state index is -0.640. The summed E-state index contributed by atoms with van der Waals surface area (Å²) in [5.41, 5.74) is 8.89. The van der Waals surface area contributed by atoms with E-state index in [4.69, 9.17) is 15.1 Å². The number of hydrogen-bond donors (Lipinski definition) is 2. The van der Waals surface area contributed by atoms with Crippen molar-refractivity contribution in [3.8, 4) is 5.75 Å². The SMILES string of the molecule is [N-]=[N+]=Nc1ccc(C(=O)N2CCN(CCCCOC(=O)C3CNCCN3OC=O)CC2)c(O)c1. The van der Waals surface area contributed by atoms with Gasteiger partial charge in [-0.25, -0.2) is 0 Å². The summed E-state index contributed by atoms with van der Waals surface area (Å²) in [5, 5.41) is 17.9. The number of benzene rings is 1. The van der Waals surface area contributed by atoms with Gasteiger partial charge in [-0.3, -0.25) is 19.3 Å². The lowest BCUT2D eigenvalue weighted by atomic mass is 10.1. The normalized spacial score (nSPS) is 19.2. The van der Waals surface area contributed by atoms with Crippen LogP contribution in [0.1, 0.15) is 23.2 Å². The molecule has 2 fully saturated rings. The predicted molar refractivity (Wildman–Crippen MR) is 120 cm³/mol. The first-order chi connectivity index (χ1) is 16.5. The molecule has 1 aromatic carbocycles. The fourth-order valence-corrected chi connectivity index (χ4v) is 3.93. The largest absolute Gasteiger partial charge is 0.507 e. The Morgan fingerprint density at radius 1 is 1.24 bits per heavy atom. The zero-order valence-electron chi connectivity index (χ0n) is 18.8. The molecule has 2 aliphatic rings. The van der Waals surface area contributed by atoms with Gasteiger partial charge < -0.3 is 24.9 Å². The van der Waals surface area contributed by atoms with Gasteiger partial charge in [-0.2, -0.15) is 0 Å². The maximum absolute atomic E-state index is 12.7. The van der Waals surface area contributed by atoms with Gasteiger partial charge in [-0.05, 0) is 37.1 Å². The molecular weight excluding hydrogens is 446 g/mol. The molecule has 1 atom stereocenters. The predicted octanol–water partition coefficient (Wildman–Crippen LogP) is 0.777. The van der Waals surface area contributed by atoms with E-state index in [9.17, 15) is 19.5 Å². The van der Waals surface area contributed by atoms with Gasteiger partial charge in [0.25, 0.3) is 5.91 Å². The molecule has 2 N–H and O–H groups in total. The van der Waals surface area contributed by atoms with Crippen molar-refractivity contribution in [3.63, 3.8) is 0 Å². The highest BCUT2D eigenvalue weighted by molar-refractivity contribution is 5.97. The van der Waals surface area contributed by atoms with Crippen LogP contribution in [0.2, 0.25) is 0 Å². The zero-order valence-corrected chi connectivity index (χ0v) is 18.8. The van der Waals surface area contributed by atoms with Crippen LogP contribution in [-0.2, 0) is 19.2 Å². The first-order valence-electron chi connectivity index (χ1n) is 11.2. The van der Waals surface area contributed by atoms with E-state index < -0.39 is 12.0 Å². The standard InChI is InChI=1S/C21H29N7O6/c22-25-24-16-3-4-17(19(30)13-16)20(31)27-10-8-26(9-11-27)6-1-2-12-33-21(32)18-14-23-5-7-28(18)34-15-29/h3-4,13,15,18,23,30H,1-2,5-12,14H2. The molecule has 0 bridgehead atoms. The number of aromatic hydroxyl groups is 1. The van der Waals surface area contributed by atoms with E-state index in [1.54, 1.807) is 4.90 Å². The Labute approximate surface area is 196 Å². The van der Waals surface area contributed by atoms with E-state index >= 15 is 0 Å². The summed E-state index contributed by atoms with van der Waals surface area (Å²) < 4.78 is 5.34. The van der Waals surface area contributed by atoms with Crippen molar-refractivity contribution in [2.24, 2.45) is 5.11 Å². The molecule has 34 heavy (non-hydrogen) atoms. The Balaban J connectivity index is 1.34. The number of unbranched alkanes of at least 4 members (excludes halogenated alkanes) is 1. The number of nitrogens with one attached hydrogen (secondary N) is 1. The number of phenolic OH excluding ortho intramolecular Hbond substituents is 1. The van der Waals surface area contributed by atoms with Gasteiger partial charge in [0.15, 0.2) is 6.04 Å². The van der Waals surface area contributed by atoms with Gasteiger partial charge in [0.05, 0.1) is 12.2 Å². The topological polar surface area (TPSA) is 160 Å². The molecule has 13 heteroatoms. The number of piperazine rings is 2. The van der Waals surface area contributed by atoms with E-state index in [-0.39, 0.29) is 29.5 Å². The molecule has 0 aliphatic carbocycles. The fourth-order valence-electron chi connectivity index (χ4n) is 3.93. The van der Waals surface area contributed by atoms with Crippen LogP contribution in [0, 0.1) is 0 Å². The Bertz CT molecular complexity index is 915. The molecule has 2 aliphatic heterocycles. The molecule has 1 unspecified atom stereocenters. The second-order valence-corrected chi connectivity index (χ2v) is 7.96. The quantitative estimate of drug-likeness (QED) is 0.124. The van der Waals surface area contributed by atoms with Crippen molar-refractivity contribution in [1.29, 1.82) is 0 Å². The highest BCUT2D eigenvalue weighted by Crippen LogP contribution is 2.25. The molecule has 1 amide bonds. The monoisotopic (exact) mass is 475 g/mol. The molecule has 0 saturated carbocycles. The molecule has 0 aromatic heterocycles. The Kier molecular flexibility index (Phi) is 9.47. The molecule has 0 radical (unpaired) electrons. The second kappa shape index (κ2) is 12.8. The van der Waals surface area contributed by atoms with Crippen molar-refractivity contribution in [2.45, 2.75) is 18.9 Å². The summed E-state index contributed by atoms with van der Waals surface area (Å²) in [6.07, 6.45) is 1.53. The van der Waals surface area contributed by atoms with E-state index in [0.29, 0.717) is 58.7 Å². The van der Waals surface area contributed by atoms with E-state index in [1.807, 2.05) is 0 Å². The van der Waals surface area contributed by atoms with Crippen molar-refractivity contribution >= 4 is 24.0 Å². The van der Waals surface area contributed by atoms with Gasteiger partial charge >= 0.3 is 12.4 Å². The van der Waals surface area contributed by atoms with Crippen molar-refractivity contribution in [1.82, 2.24) is 20.2 Å². The summed E-state index contributed by atoms with van der Waals surface area (Å²) in [6, 6.07) is 3.59. The number of hydroxylamine groups is 2. The fraction of sp³-hybridized carbons (Fsp3) is 0.571. The number of carbonyl (C=O) groups is 3. The maximum Gasteiger partial charge on any atom is 0.328 e. The van der Waals surface area contributed by atoms with E-state index in [2.05, 4.69) is 20.2 Å². The van der Waals surface area contributed by atoms with Gasteiger partial charge in [0.1, 0.15) is 5.75 Å². The first-order valence-corrected chi connectivity index (χ1v) is 11.2. The van der Waals surface area contributed by atoms with Crippen LogP contribution >= 0.6 is 0 Å². The van der Waals surface area contributed by atoms with E-state index in [0.717, 1.165) is 13.0 Å². The summed E-state index contributed by atoms with van der Waals surface area (Å²) in [4.78, 5) is 47.0. The van der Waals surface area contributed by atoms with Crippen LogP contribution < -0.4 is 5.32 Å². The second-order valence-electron chi connectivity index (χ2n) is 7.96. The third-order valence-electron chi connectivity index (χ3n) is 5.79. The summed E-state index contributed by atoms with van der Waals surface area (Å²) >= 11 is 0. The van der Waals surface area contributed by atoms with Gasteiger partial charge in [0, 0.05) is 56.4 Å². The molecule has 13 nitrogen and oxygen atoms in total. The third-order valence-corrected chi connectivity index (χ3v) is 5.79.